The summed E-state index contributed by atoms with van der Waals surface area (Å²) in [5, 5.41) is 2.99. The molecule has 1 heterocycles. The highest BCUT2D eigenvalue weighted by atomic mass is 35.5. The van der Waals surface area contributed by atoms with Crippen LogP contribution in [-0.2, 0) is 6.42 Å². The average Bonchev–Trinajstić information content (AvgIpc) is 2.42. The lowest BCUT2D eigenvalue weighted by Gasteiger charge is -2.07. The Kier molecular flexibility index (Phi) is 4.49. The van der Waals surface area contributed by atoms with Crippen molar-refractivity contribution in [2.75, 3.05) is 11.9 Å². The molecule has 0 aliphatic heterocycles. The zero-order valence-electron chi connectivity index (χ0n) is 10.3. The first-order valence-electron chi connectivity index (χ1n) is 5.91. The molecular formula is C14H14ClN3O. The van der Waals surface area contributed by atoms with Gasteiger partial charge in [-0.2, -0.15) is 0 Å². The number of nitrogens with zero attached hydrogens (tertiary/aromatic N) is 1. The first-order valence-corrected chi connectivity index (χ1v) is 6.29. The van der Waals surface area contributed by atoms with Crippen molar-refractivity contribution in [3.05, 3.63) is 58.9 Å². The second-order valence-corrected chi connectivity index (χ2v) is 4.39. The monoisotopic (exact) mass is 275 g/mol. The lowest BCUT2D eigenvalue weighted by atomic mass is 10.1. The Bertz CT molecular complexity index is 569. The van der Waals surface area contributed by atoms with Gasteiger partial charge in [-0.3, -0.25) is 4.79 Å². The molecule has 19 heavy (non-hydrogen) atoms. The van der Waals surface area contributed by atoms with E-state index in [4.69, 9.17) is 17.3 Å². The van der Waals surface area contributed by atoms with Crippen LogP contribution in [0.2, 0.25) is 5.15 Å². The Labute approximate surface area is 116 Å². The highest BCUT2D eigenvalue weighted by Crippen LogP contribution is 2.18. The van der Waals surface area contributed by atoms with Gasteiger partial charge in [0.2, 0.25) is 0 Å². The molecule has 0 saturated carbocycles. The summed E-state index contributed by atoms with van der Waals surface area (Å²) in [7, 11) is 0. The average molecular weight is 276 g/mol. The quantitative estimate of drug-likeness (QED) is 0.843. The number of nitrogens with two attached hydrogens (primary N) is 1. The first kappa shape index (κ1) is 13.5. The molecule has 0 aliphatic carbocycles. The summed E-state index contributed by atoms with van der Waals surface area (Å²) >= 11 is 5.88. The van der Waals surface area contributed by atoms with Crippen molar-refractivity contribution >= 4 is 23.2 Å². The number of nitrogens with one attached hydrogen (secondary N) is 1. The number of carbonyl (C=O) groups is 1. The molecule has 3 N–H and O–H groups in total. The van der Waals surface area contributed by atoms with E-state index in [0.717, 1.165) is 12.0 Å². The molecule has 1 amide bonds. The number of hydrogen-bond donors (Lipinski definition) is 2. The second-order valence-electron chi connectivity index (χ2n) is 4.03. The van der Waals surface area contributed by atoms with Crippen molar-refractivity contribution in [1.82, 2.24) is 4.98 Å². The van der Waals surface area contributed by atoms with Crippen LogP contribution in [0.1, 0.15) is 15.9 Å². The first-order chi connectivity index (χ1) is 9.20. The molecule has 0 atom stereocenters. The molecule has 4 nitrogen and oxygen atoms in total. The summed E-state index contributed by atoms with van der Waals surface area (Å²) in [4.78, 5) is 15.9. The Balaban J connectivity index is 2.10. The van der Waals surface area contributed by atoms with Crippen LogP contribution in [0.25, 0.3) is 0 Å². The van der Waals surface area contributed by atoms with E-state index in [1.807, 2.05) is 12.1 Å². The molecule has 2 aromatic rings. The number of aromatic nitrogens is 1. The maximum absolute atomic E-state index is 12.0. The molecule has 0 radical (unpaired) electrons. The minimum Gasteiger partial charge on any atom is -0.330 e. The fraction of sp³-hybridized carbons (Fsp3) is 0.143. The van der Waals surface area contributed by atoms with Gasteiger partial charge in [0.25, 0.3) is 5.91 Å². The van der Waals surface area contributed by atoms with Crippen LogP contribution in [0.15, 0.2) is 42.6 Å². The number of rotatable bonds is 4. The molecule has 0 aliphatic rings. The predicted octanol–water partition coefficient (Wildman–Crippen LogP) is 2.49. The molecule has 0 fully saturated rings. The highest BCUT2D eigenvalue weighted by Gasteiger charge is 2.08. The molecule has 0 bridgehead atoms. The van der Waals surface area contributed by atoms with Gasteiger partial charge in [-0.25, -0.2) is 4.98 Å². The van der Waals surface area contributed by atoms with Gasteiger partial charge in [-0.1, -0.05) is 23.7 Å². The zero-order valence-corrected chi connectivity index (χ0v) is 11.0. The lowest BCUT2D eigenvalue weighted by Crippen LogP contribution is -2.12. The SMILES string of the molecule is NCCc1ccc(C(=O)Nc2cccnc2Cl)cc1. The van der Waals surface area contributed by atoms with Gasteiger partial charge < -0.3 is 11.1 Å². The number of pyridine rings is 1. The number of halogens is 1. The number of benzene rings is 1. The van der Waals surface area contributed by atoms with Crippen LogP contribution in [0, 0.1) is 0 Å². The smallest absolute Gasteiger partial charge is 0.255 e. The third-order valence-corrected chi connectivity index (χ3v) is 2.96. The van der Waals surface area contributed by atoms with Crippen molar-refractivity contribution in [2.45, 2.75) is 6.42 Å². The summed E-state index contributed by atoms with van der Waals surface area (Å²) in [5.74, 6) is -0.214. The van der Waals surface area contributed by atoms with Crippen LogP contribution < -0.4 is 11.1 Å². The number of anilines is 1. The Morgan fingerprint density at radius 2 is 2.00 bits per heavy atom. The van der Waals surface area contributed by atoms with Gasteiger partial charge in [0, 0.05) is 11.8 Å². The molecule has 0 saturated heterocycles. The summed E-state index contributed by atoms with van der Waals surface area (Å²) in [6.07, 6.45) is 2.37. The molecule has 1 aromatic heterocycles. The maximum atomic E-state index is 12.0. The molecule has 2 rings (SSSR count). The normalized spacial score (nSPS) is 10.2. The maximum Gasteiger partial charge on any atom is 0.255 e. The van der Waals surface area contributed by atoms with E-state index in [0.29, 0.717) is 17.8 Å². The van der Waals surface area contributed by atoms with E-state index in [1.54, 1.807) is 30.5 Å². The fourth-order valence-electron chi connectivity index (χ4n) is 1.66. The van der Waals surface area contributed by atoms with Crippen LogP contribution in [0.5, 0.6) is 0 Å². The summed E-state index contributed by atoms with van der Waals surface area (Å²) < 4.78 is 0. The Morgan fingerprint density at radius 3 is 2.63 bits per heavy atom. The highest BCUT2D eigenvalue weighted by molar-refractivity contribution is 6.32. The third kappa shape index (κ3) is 3.53. The number of hydrogen-bond acceptors (Lipinski definition) is 3. The Morgan fingerprint density at radius 1 is 1.26 bits per heavy atom. The second kappa shape index (κ2) is 6.31. The molecule has 98 valence electrons. The number of carbonyl (C=O) groups excluding carboxylic acids is 1. The van der Waals surface area contributed by atoms with Crippen LogP contribution in [0.4, 0.5) is 5.69 Å². The van der Waals surface area contributed by atoms with Gasteiger partial charge >= 0.3 is 0 Å². The van der Waals surface area contributed by atoms with Crippen molar-refractivity contribution in [1.29, 1.82) is 0 Å². The van der Waals surface area contributed by atoms with Crippen LogP contribution >= 0.6 is 11.6 Å². The number of amides is 1. The minimum atomic E-state index is -0.214. The van der Waals surface area contributed by atoms with Crippen LogP contribution in [0.3, 0.4) is 0 Å². The van der Waals surface area contributed by atoms with Crippen molar-refractivity contribution in [3.63, 3.8) is 0 Å². The predicted molar refractivity (Wildman–Crippen MR) is 76.4 cm³/mol. The van der Waals surface area contributed by atoms with Crippen molar-refractivity contribution in [2.24, 2.45) is 5.73 Å². The third-order valence-electron chi connectivity index (χ3n) is 2.66. The molecule has 0 spiro atoms. The van der Waals surface area contributed by atoms with E-state index >= 15 is 0 Å². The minimum absolute atomic E-state index is 0.214. The lowest BCUT2D eigenvalue weighted by molar-refractivity contribution is 0.102. The van der Waals surface area contributed by atoms with Gasteiger partial charge in [0.1, 0.15) is 0 Å². The largest absolute Gasteiger partial charge is 0.330 e. The molecule has 5 heteroatoms. The van der Waals surface area contributed by atoms with Crippen molar-refractivity contribution in [3.8, 4) is 0 Å². The standard InChI is InChI=1S/C14H14ClN3O/c15-13-12(2-1-9-17-13)18-14(19)11-5-3-10(4-6-11)7-8-16/h1-6,9H,7-8,16H2,(H,18,19). The summed E-state index contributed by atoms with van der Waals surface area (Å²) in [5.41, 5.74) is 7.66. The zero-order chi connectivity index (χ0) is 13.7. The van der Waals surface area contributed by atoms with E-state index in [2.05, 4.69) is 10.3 Å². The summed E-state index contributed by atoms with van der Waals surface area (Å²) in [6, 6.07) is 10.7. The van der Waals surface area contributed by atoms with Crippen molar-refractivity contribution < 1.29 is 4.79 Å². The molecule has 1 aromatic carbocycles. The fourth-order valence-corrected chi connectivity index (χ4v) is 1.83. The topological polar surface area (TPSA) is 68.0 Å². The molecule has 0 unspecified atom stereocenters. The van der Waals surface area contributed by atoms with Crippen LogP contribution in [-0.4, -0.2) is 17.4 Å². The van der Waals surface area contributed by atoms with E-state index in [1.165, 1.54) is 0 Å². The van der Waals surface area contributed by atoms with E-state index in [-0.39, 0.29) is 11.1 Å². The van der Waals surface area contributed by atoms with Gasteiger partial charge in [-0.05, 0) is 42.8 Å². The van der Waals surface area contributed by atoms with E-state index < -0.39 is 0 Å². The molecular weight excluding hydrogens is 262 g/mol. The Hall–Kier alpha value is -1.91. The van der Waals surface area contributed by atoms with Gasteiger partial charge in [0.15, 0.2) is 5.15 Å². The van der Waals surface area contributed by atoms with Gasteiger partial charge in [0.05, 0.1) is 5.69 Å². The summed E-state index contributed by atoms with van der Waals surface area (Å²) in [6.45, 7) is 0.594. The van der Waals surface area contributed by atoms with E-state index in [9.17, 15) is 4.79 Å². The van der Waals surface area contributed by atoms with Gasteiger partial charge in [-0.15, -0.1) is 0 Å².